The molecular formula is C14H26N2O2. The van der Waals surface area contributed by atoms with E-state index >= 15 is 0 Å². The number of aliphatic hydroxyl groups excluding tert-OH is 1. The molecule has 0 spiro atoms. The van der Waals surface area contributed by atoms with Crippen molar-refractivity contribution in [3.8, 4) is 0 Å². The largest absolute Gasteiger partial charge is 0.396 e. The number of hydrogen-bond donors (Lipinski definition) is 3. The van der Waals surface area contributed by atoms with Gasteiger partial charge in [-0.15, -0.1) is 0 Å². The monoisotopic (exact) mass is 254 g/mol. The van der Waals surface area contributed by atoms with E-state index in [1.165, 1.54) is 0 Å². The van der Waals surface area contributed by atoms with Crippen molar-refractivity contribution in [1.82, 2.24) is 10.6 Å². The van der Waals surface area contributed by atoms with E-state index in [4.69, 9.17) is 5.11 Å². The predicted octanol–water partition coefficient (Wildman–Crippen LogP) is 2.05. The Morgan fingerprint density at radius 3 is 2.61 bits per heavy atom. The maximum absolute atomic E-state index is 11.7. The van der Waals surface area contributed by atoms with Gasteiger partial charge in [0.25, 0.3) is 0 Å². The van der Waals surface area contributed by atoms with E-state index in [9.17, 15) is 4.79 Å². The Morgan fingerprint density at radius 2 is 2.06 bits per heavy atom. The third-order valence-corrected chi connectivity index (χ3v) is 3.24. The zero-order valence-corrected chi connectivity index (χ0v) is 11.5. The first kappa shape index (κ1) is 15.0. The molecule has 0 aromatic heterocycles. The zero-order chi connectivity index (χ0) is 13.4. The molecular weight excluding hydrogens is 228 g/mol. The topological polar surface area (TPSA) is 61.4 Å². The van der Waals surface area contributed by atoms with Crippen LogP contribution in [0, 0.1) is 11.8 Å². The first-order valence-corrected chi connectivity index (χ1v) is 6.92. The Balaban J connectivity index is 2.20. The minimum absolute atomic E-state index is 0.0876. The summed E-state index contributed by atoms with van der Waals surface area (Å²) in [5.41, 5.74) is 0. The molecule has 0 aliphatic heterocycles. The third kappa shape index (κ3) is 6.05. The highest BCUT2D eigenvalue weighted by atomic mass is 16.3. The number of hydrogen-bond acceptors (Lipinski definition) is 2. The number of carbonyl (C=O) groups is 1. The van der Waals surface area contributed by atoms with Crippen LogP contribution in [-0.4, -0.2) is 30.3 Å². The van der Waals surface area contributed by atoms with Crippen LogP contribution < -0.4 is 10.6 Å². The fourth-order valence-electron chi connectivity index (χ4n) is 2.36. The molecule has 0 heterocycles. The van der Waals surface area contributed by atoms with Crippen LogP contribution in [0.3, 0.4) is 0 Å². The standard InChI is InChI=1S/C14H26N2O2/c1-11(2)9-12(7-8-17)10-15-14(18)16-13-5-3-4-6-13/h3-4,11-13,17H,5-10H2,1-2H3,(H2,15,16,18). The lowest BCUT2D eigenvalue weighted by atomic mass is 9.94. The van der Waals surface area contributed by atoms with Crippen LogP contribution in [0.5, 0.6) is 0 Å². The van der Waals surface area contributed by atoms with Gasteiger partial charge in [0.1, 0.15) is 0 Å². The van der Waals surface area contributed by atoms with Crippen molar-refractivity contribution in [3.05, 3.63) is 12.2 Å². The first-order valence-electron chi connectivity index (χ1n) is 6.92. The fourth-order valence-corrected chi connectivity index (χ4v) is 2.36. The molecule has 4 nitrogen and oxygen atoms in total. The lowest BCUT2D eigenvalue weighted by Gasteiger charge is -2.20. The summed E-state index contributed by atoms with van der Waals surface area (Å²) < 4.78 is 0. The number of aliphatic hydroxyl groups is 1. The zero-order valence-electron chi connectivity index (χ0n) is 11.5. The van der Waals surface area contributed by atoms with Gasteiger partial charge in [0.15, 0.2) is 0 Å². The smallest absolute Gasteiger partial charge is 0.315 e. The van der Waals surface area contributed by atoms with E-state index in [1.807, 2.05) is 0 Å². The van der Waals surface area contributed by atoms with Crippen LogP contribution in [0.15, 0.2) is 12.2 Å². The maximum atomic E-state index is 11.7. The minimum Gasteiger partial charge on any atom is -0.396 e. The molecule has 1 unspecified atom stereocenters. The number of carbonyl (C=O) groups excluding carboxylic acids is 1. The van der Waals surface area contributed by atoms with Crippen molar-refractivity contribution < 1.29 is 9.90 Å². The molecule has 0 bridgehead atoms. The maximum Gasteiger partial charge on any atom is 0.315 e. The molecule has 0 fully saturated rings. The number of urea groups is 1. The Kier molecular flexibility index (Phi) is 6.80. The molecule has 0 saturated heterocycles. The summed E-state index contributed by atoms with van der Waals surface area (Å²) in [7, 11) is 0. The van der Waals surface area contributed by atoms with Crippen LogP contribution in [0.2, 0.25) is 0 Å². The normalized spacial score (nSPS) is 17.1. The minimum atomic E-state index is -0.0876. The summed E-state index contributed by atoms with van der Waals surface area (Å²) in [6.07, 6.45) is 7.84. The van der Waals surface area contributed by atoms with Crippen molar-refractivity contribution in [2.24, 2.45) is 11.8 Å². The summed E-state index contributed by atoms with van der Waals surface area (Å²) in [6.45, 7) is 5.15. The lowest BCUT2D eigenvalue weighted by Crippen LogP contribution is -2.43. The van der Waals surface area contributed by atoms with Gasteiger partial charge in [-0.05, 0) is 37.5 Å². The quantitative estimate of drug-likeness (QED) is 0.609. The van der Waals surface area contributed by atoms with Gasteiger partial charge in [-0.2, -0.15) is 0 Å². The third-order valence-electron chi connectivity index (χ3n) is 3.24. The van der Waals surface area contributed by atoms with Crippen molar-refractivity contribution >= 4 is 6.03 Å². The van der Waals surface area contributed by atoms with Crippen LogP contribution in [0.25, 0.3) is 0 Å². The Morgan fingerprint density at radius 1 is 1.39 bits per heavy atom. The lowest BCUT2D eigenvalue weighted by molar-refractivity contribution is 0.223. The summed E-state index contributed by atoms with van der Waals surface area (Å²) in [5.74, 6) is 0.952. The van der Waals surface area contributed by atoms with E-state index in [1.54, 1.807) is 0 Å². The highest BCUT2D eigenvalue weighted by Crippen LogP contribution is 2.14. The summed E-state index contributed by atoms with van der Waals surface area (Å²) in [4.78, 5) is 11.7. The van der Waals surface area contributed by atoms with Gasteiger partial charge in [-0.1, -0.05) is 26.0 Å². The molecule has 1 rings (SSSR count). The van der Waals surface area contributed by atoms with E-state index in [0.29, 0.717) is 18.4 Å². The average Bonchev–Trinajstić information content (AvgIpc) is 2.78. The van der Waals surface area contributed by atoms with Gasteiger partial charge < -0.3 is 15.7 Å². The summed E-state index contributed by atoms with van der Waals surface area (Å²) >= 11 is 0. The van der Waals surface area contributed by atoms with Gasteiger partial charge in [0.05, 0.1) is 0 Å². The molecule has 18 heavy (non-hydrogen) atoms. The molecule has 3 N–H and O–H groups in total. The van der Waals surface area contributed by atoms with Crippen molar-refractivity contribution in [3.63, 3.8) is 0 Å². The molecule has 2 amide bonds. The highest BCUT2D eigenvalue weighted by Gasteiger charge is 2.15. The highest BCUT2D eigenvalue weighted by molar-refractivity contribution is 5.74. The van der Waals surface area contributed by atoms with Gasteiger partial charge in [0, 0.05) is 19.2 Å². The Hall–Kier alpha value is -1.03. The van der Waals surface area contributed by atoms with Crippen LogP contribution >= 0.6 is 0 Å². The van der Waals surface area contributed by atoms with E-state index in [0.717, 1.165) is 25.7 Å². The number of amides is 2. The van der Waals surface area contributed by atoms with E-state index in [-0.39, 0.29) is 18.7 Å². The van der Waals surface area contributed by atoms with Crippen LogP contribution in [-0.2, 0) is 0 Å². The second-order valence-electron chi connectivity index (χ2n) is 5.50. The van der Waals surface area contributed by atoms with Gasteiger partial charge in [0.2, 0.25) is 0 Å². The molecule has 4 heteroatoms. The molecule has 0 aromatic rings. The van der Waals surface area contributed by atoms with Crippen molar-refractivity contribution in [2.45, 2.75) is 45.6 Å². The van der Waals surface area contributed by atoms with Gasteiger partial charge >= 0.3 is 6.03 Å². The summed E-state index contributed by atoms with van der Waals surface area (Å²) in [6, 6.07) is 0.168. The van der Waals surface area contributed by atoms with Gasteiger partial charge in [-0.3, -0.25) is 0 Å². The van der Waals surface area contributed by atoms with Crippen LogP contribution in [0.4, 0.5) is 4.79 Å². The van der Waals surface area contributed by atoms with Crippen LogP contribution in [0.1, 0.15) is 39.5 Å². The molecule has 1 aliphatic carbocycles. The molecule has 104 valence electrons. The molecule has 0 radical (unpaired) electrons. The Labute approximate surface area is 110 Å². The van der Waals surface area contributed by atoms with E-state index in [2.05, 4.69) is 36.6 Å². The summed E-state index contributed by atoms with van der Waals surface area (Å²) in [5, 5.41) is 14.9. The number of nitrogens with one attached hydrogen (secondary N) is 2. The fraction of sp³-hybridized carbons (Fsp3) is 0.786. The first-order chi connectivity index (χ1) is 8.61. The second kappa shape index (κ2) is 8.14. The molecule has 0 aromatic carbocycles. The van der Waals surface area contributed by atoms with E-state index < -0.39 is 0 Å². The van der Waals surface area contributed by atoms with Crippen molar-refractivity contribution in [2.75, 3.05) is 13.2 Å². The van der Waals surface area contributed by atoms with Gasteiger partial charge in [-0.25, -0.2) is 4.79 Å². The molecule has 1 aliphatic rings. The predicted molar refractivity (Wildman–Crippen MR) is 73.3 cm³/mol. The SMILES string of the molecule is CC(C)CC(CCO)CNC(=O)NC1CC=CC1. The average molecular weight is 254 g/mol. The van der Waals surface area contributed by atoms with Crippen molar-refractivity contribution in [1.29, 1.82) is 0 Å². The second-order valence-corrected chi connectivity index (χ2v) is 5.50. The Bertz CT molecular complexity index is 269. The molecule has 1 atom stereocenters. The number of rotatable bonds is 7. The molecule has 0 saturated carbocycles.